The second-order valence-electron chi connectivity index (χ2n) is 9.10. The highest BCUT2D eigenvalue weighted by atomic mass is 19.4. The van der Waals surface area contributed by atoms with Gasteiger partial charge in [0.05, 0.1) is 16.8 Å². The van der Waals surface area contributed by atoms with Crippen LogP contribution in [0.15, 0.2) is 66.9 Å². The van der Waals surface area contributed by atoms with Crippen LogP contribution in [0.5, 0.6) is 0 Å². The van der Waals surface area contributed by atoms with Crippen molar-refractivity contribution < 1.29 is 32.3 Å². The topological polar surface area (TPSA) is 161 Å². The predicted molar refractivity (Wildman–Crippen MR) is 140 cm³/mol. The van der Waals surface area contributed by atoms with Gasteiger partial charge in [0.2, 0.25) is 11.8 Å². The maximum Gasteiger partial charge on any atom is 0.416 e. The fourth-order valence-corrected chi connectivity index (χ4v) is 4.11. The number of nitrogens with two attached hydrogens (primary N) is 2. The van der Waals surface area contributed by atoms with Crippen molar-refractivity contribution in [2.24, 2.45) is 11.5 Å². The van der Waals surface area contributed by atoms with Gasteiger partial charge in [-0.3, -0.25) is 19.2 Å². The van der Waals surface area contributed by atoms with Gasteiger partial charge in [-0.1, -0.05) is 24.3 Å². The first-order chi connectivity index (χ1) is 18.9. The van der Waals surface area contributed by atoms with Crippen molar-refractivity contribution >= 4 is 34.4 Å². The molecule has 0 radical (unpaired) electrons. The molecule has 6 N–H and O–H groups in total. The number of ketones is 1. The highest BCUT2D eigenvalue weighted by Crippen LogP contribution is 2.29. The van der Waals surface area contributed by atoms with Crippen LogP contribution in [0, 0.1) is 0 Å². The van der Waals surface area contributed by atoms with E-state index in [9.17, 15) is 32.3 Å². The molecule has 0 aliphatic heterocycles. The Morgan fingerprint density at radius 1 is 0.975 bits per heavy atom. The minimum absolute atomic E-state index is 0.0405. The molecule has 2 aromatic carbocycles. The number of hydrogen-bond acceptors (Lipinski definition) is 5. The van der Waals surface area contributed by atoms with Crippen LogP contribution in [0.3, 0.4) is 0 Å². The number of alkyl halides is 3. The van der Waals surface area contributed by atoms with E-state index in [1.807, 2.05) is 0 Å². The lowest BCUT2D eigenvalue weighted by molar-refractivity contribution is -0.137. The first kappa shape index (κ1) is 28.0. The molecule has 9 nitrogen and oxygen atoms in total. The fourth-order valence-electron chi connectivity index (χ4n) is 4.11. The van der Waals surface area contributed by atoms with Crippen LogP contribution >= 0.6 is 0 Å². The number of Topliss-reactive ketones (excluding diaryl/α,β-unsaturated/α-hetero) is 1. The van der Waals surface area contributed by atoms with Crippen molar-refractivity contribution in [1.29, 1.82) is 0 Å². The summed E-state index contributed by atoms with van der Waals surface area (Å²) in [5.41, 5.74) is 12.1. The van der Waals surface area contributed by atoms with E-state index in [4.69, 9.17) is 11.5 Å². The van der Waals surface area contributed by atoms with Gasteiger partial charge in [0.1, 0.15) is 11.7 Å². The zero-order valence-electron chi connectivity index (χ0n) is 20.9. The summed E-state index contributed by atoms with van der Waals surface area (Å²) in [5, 5.41) is 3.03. The van der Waals surface area contributed by atoms with E-state index in [1.165, 1.54) is 24.4 Å². The van der Waals surface area contributed by atoms with Gasteiger partial charge in [0, 0.05) is 35.5 Å². The van der Waals surface area contributed by atoms with Crippen LogP contribution < -0.4 is 16.8 Å². The predicted octanol–water partition coefficient (Wildman–Crippen LogP) is 3.52. The SMILES string of the molecule is NC(=O)CC[C@H](NC(=O)c1c[nH]c2ccc(-c3cccc(C(=O)Cc4ccc(C(F)(F)F)cc4)n3)cc12)C(N)=O. The molecule has 40 heavy (non-hydrogen) atoms. The highest BCUT2D eigenvalue weighted by Gasteiger charge is 2.30. The number of halogens is 3. The number of pyridine rings is 1. The Labute approximate surface area is 225 Å². The zero-order valence-corrected chi connectivity index (χ0v) is 20.9. The van der Waals surface area contributed by atoms with Crippen molar-refractivity contribution in [3.05, 3.63) is 89.2 Å². The van der Waals surface area contributed by atoms with Crippen LogP contribution in [-0.4, -0.2) is 39.5 Å². The van der Waals surface area contributed by atoms with Crippen molar-refractivity contribution in [3.8, 4) is 11.3 Å². The van der Waals surface area contributed by atoms with Gasteiger partial charge in [-0.2, -0.15) is 13.2 Å². The van der Waals surface area contributed by atoms with E-state index >= 15 is 0 Å². The van der Waals surface area contributed by atoms with Crippen molar-refractivity contribution in [2.75, 3.05) is 0 Å². The van der Waals surface area contributed by atoms with Gasteiger partial charge in [-0.15, -0.1) is 0 Å². The van der Waals surface area contributed by atoms with Crippen molar-refractivity contribution in [1.82, 2.24) is 15.3 Å². The molecule has 0 bridgehead atoms. The van der Waals surface area contributed by atoms with Gasteiger partial charge < -0.3 is 21.8 Å². The summed E-state index contributed by atoms with van der Waals surface area (Å²) in [4.78, 5) is 56.0. The molecule has 0 unspecified atom stereocenters. The largest absolute Gasteiger partial charge is 0.416 e. The highest BCUT2D eigenvalue weighted by molar-refractivity contribution is 6.08. The number of nitrogens with zero attached hydrogens (tertiary/aromatic N) is 1. The zero-order chi connectivity index (χ0) is 29.0. The van der Waals surface area contributed by atoms with Crippen LogP contribution in [0.1, 0.15) is 44.8 Å². The normalized spacial score (nSPS) is 12.2. The molecule has 0 saturated carbocycles. The summed E-state index contributed by atoms with van der Waals surface area (Å²) in [6.45, 7) is 0. The summed E-state index contributed by atoms with van der Waals surface area (Å²) >= 11 is 0. The molecular weight excluding hydrogens is 527 g/mol. The molecule has 2 heterocycles. The number of carbonyl (C=O) groups is 4. The second-order valence-corrected chi connectivity index (χ2v) is 9.10. The molecule has 0 aliphatic carbocycles. The monoisotopic (exact) mass is 551 g/mol. The maximum atomic E-state index is 12.9. The summed E-state index contributed by atoms with van der Waals surface area (Å²) < 4.78 is 38.4. The van der Waals surface area contributed by atoms with E-state index in [0.717, 1.165) is 12.1 Å². The van der Waals surface area contributed by atoms with E-state index < -0.39 is 35.5 Å². The van der Waals surface area contributed by atoms with Gasteiger partial charge >= 0.3 is 6.18 Å². The molecular formula is C28H24F3N5O4. The average Bonchev–Trinajstić information content (AvgIpc) is 3.34. The van der Waals surface area contributed by atoms with Gasteiger partial charge in [-0.25, -0.2) is 4.98 Å². The lowest BCUT2D eigenvalue weighted by Gasteiger charge is -2.14. The van der Waals surface area contributed by atoms with E-state index in [1.54, 1.807) is 30.3 Å². The molecule has 3 amide bonds. The number of fused-ring (bicyclic) bond motifs is 1. The molecule has 2 aromatic heterocycles. The first-order valence-electron chi connectivity index (χ1n) is 12.1. The molecule has 4 aromatic rings. The van der Waals surface area contributed by atoms with E-state index in [0.29, 0.717) is 27.7 Å². The summed E-state index contributed by atoms with van der Waals surface area (Å²) in [5.74, 6) is -2.41. The number of amides is 3. The molecule has 0 fully saturated rings. The number of nitrogens with one attached hydrogen (secondary N) is 2. The number of benzene rings is 2. The lowest BCUT2D eigenvalue weighted by atomic mass is 10.0. The quantitative estimate of drug-likeness (QED) is 0.222. The molecule has 4 rings (SSSR count). The molecule has 1 atom stereocenters. The van der Waals surface area contributed by atoms with Crippen molar-refractivity contribution in [2.45, 2.75) is 31.5 Å². The van der Waals surface area contributed by atoms with E-state index in [2.05, 4.69) is 15.3 Å². The lowest BCUT2D eigenvalue weighted by Crippen LogP contribution is -2.44. The third kappa shape index (κ3) is 6.52. The second kappa shape index (κ2) is 11.4. The Hall–Kier alpha value is -5.00. The Morgan fingerprint density at radius 3 is 2.35 bits per heavy atom. The molecule has 12 heteroatoms. The summed E-state index contributed by atoms with van der Waals surface area (Å²) in [6, 6.07) is 13.2. The number of primary amides is 2. The Kier molecular flexibility index (Phi) is 7.98. The average molecular weight is 552 g/mol. The van der Waals surface area contributed by atoms with Gasteiger partial charge in [0.15, 0.2) is 5.78 Å². The van der Waals surface area contributed by atoms with Gasteiger partial charge in [0.25, 0.3) is 5.91 Å². The molecule has 0 spiro atoms. The summed E-state index contributed by atoms with van der Waals surface area (Å²) in [7, 11) is 0. The standard InChI is InChI=1S/C28H24F3N5O4/c29-28(30,31)17-7-4-15(5-8-17)12-24(37)22-3-1-2-20(35-22)16-6-9-21-18(13-16)19(14-34-21)27(40)36-23(26(33)39)10-11-25(32)38/h1-9,13-14,23,34H,10-12H2,(H2,32,38)(H2,33,39)(H,36,40)/t23-/m0/s1. The summed E-state index contributed by atoms with van der Waals surface area (Å²) in [6.07, 6.45) is -3.30. The fraction of sp³-hybridized carbons (Fsp3) is 0.179. The minimum Gasteiger partial charge on any atom is -0.370 e. The van der Waals surface area contributed by atoms with Crippen LogP contribution in [0.4, 0.5) is 13.2 Å². The number of aromatic nitrogens is 2. The molecule has 0 aliphatic rings. The van der Waals surface area contributed by atoms with Gasteiger partial charge in [-0.05, 0) is 48.4 Å². The Balaban J connectivity index is 1.55. The molecule has 0 saturated heterocycles. The number of aromatic amines is 1. The number of rotatable bonds is 10. The third-order valence-corrected chi connectivity index (χ3v) is 6.23. The third-order valence-electron chi connectivity index (χ3n) is 6.23. The van der Waals surface area contributed by atoms with Crippen LogP contribution in [-0.2, 0) is 22.2 Å². The molecule has 206 valence electrons. The Morgan fingerprint density at radius 2 is 1.70 bits per heavy atom. The first-order valence-corrected chi connectivity index (χ1v) is 12.1. The number of carbonyl (C=O) groups excluding carboxylic acids is 4. The minimum atomic E-state index is -4.46. The number of hydrogen-bond donors (Lipinski definition) is 4. The number of H-pyrrole nitrogens is 1. The Bertz CT molecular complexity index is 1600. The van der Waals surface area contributed by atoms with E-state index in [-0.39, 0.29) is 36.3 Å². The van der Waals surface area contributed by atoms with Crippen molar-refractivity contribution in [3.63, 3.8) is 0 Å². The van der Waals surface area contributed by atoms with Crippen LogP contribution in [0.2, 0.25) is 0 Å². The van der Waals surface area contributed by atoms with Crippen LogP contribution in [0.25, 0.3) is 22.2 Å². The maximum absolute atomic E-state index is 12.9. The smallest absolute Gasteiger partial charge is 0.370 e.